The number of hydrazone groups is 1. The molecule has 0 bridgehead atoms. The van der Waals surface area contributed by atoms with Crippen LogP contribution < -0.4 is 10.2 Å². The minimum Gasteiger partial charge on any atom is -0.504 e. The lowest BCUT2D eigenvalue weighted by atomic mass is 10.2. The van der Waals surface area contributed by atoms with E-state index in [0.717, 1.165) is 21.8 Å². The minimum atomic E-state index is -0.285. The number of nitrogens with zero attached hydrogens (tertiary/aromatic N) is 3. The van der Waals surface area contributed by atoms with Crippen molar-refractivity contribution in [1.82, 2.24) is 15.0 Å². The van der Waals surface area contributed by atoms with Gasteiger partial charge in [0.15, 0.2) is 16.7 Å². The van der Waals surface area contributed by atoms with Crippen molar-refractivity contribution in [3.63, 3.8) is 0 Å². The second-order valence-corrected chi connectivity index (χ2v) is 8.68. The van der Waals surface area contributed by atoms with Crippen LogP contribution in [0, 0.1) is 0 Å². The fourth-order valence-electron chi connectivity index (χ4n) is 3.34. The summed E-state index contributed by atoms with van der Waals surface area (Å²) in [6.45, 7) is 2.88. The average Bonchev–Trinajstić information content (AvgIpc) is 3.19. The molecule has 9 heteroatoms. The van der Waals surface area contributed by atoms with Crippen LogP contribution in [-0.2, 0) is 11.3 Å². The van der Waals surface area contributed by atoms with Crippen LogP contribution in [0.25, 0.3) is 11.0 Å². The molecule has 0 atom stereocenters. The molecule has 0 spiro atoms. The Morgan fingerprint density at radius 2 is 1.97 bits per heavy atom. The van der Waals surface area contributed by atoms with Crippen molar-refractivity contribution >= 4 is 46.5 Å². The van der Waals surface area contributed by atoms with Gasteiger partial charge in [-0.25, -0.2) is 10.4 Å². The first-order valence-corrected chi connectivity index (χ1v) is 12.0. The largest absolute Gasteiger partial charge is 0.504 e. The number of carbonyl (C=O) groups excluding carboxylic acids is 1. The summed E-state index contributed by atoms with van der Waals surface area (Å²) in [5.41, 5.74) is 5.88. The van der Waals surface area contributed by atoms with Gasteiger partial charge in [0, 0.05) is 10.6 Å². The number of phenolic OH excluding ortho intramolecular Hbond substituents is 1. The van der Waals surface area contributed by atoms with Crippen LogP contribution in [0.3, 0.4) is 0 Å². The van der Waals surface area contributed by atoms with Gasteiger partial charge in [-0.2, -0.15) is 5.10 Å². The highest BCUT2D eigenvalue weighted by molar-refractivity contribution is 7.99. The standard InChI is InChI=1S/C25H23ClN4O3S/c1-2-33-22-9-5-6-18(24(22)32)14-27-29-23(31)16-34-25-28-20-7-3-4-8-21(20)30(25)15-17-10-12-19(26)13-11-17/h3-14,32H,2,15-16H2,1H3,(H,29,31). The fourth-order valence-corrected chi connectivity index (χ4v) is 4.27. The van der Waals surface area contributed by atoms with E-state index in [0.29, 0.717) is 29.5 Å². The number of rotatable bonds is 9. The van der Waals surface area contributed by atoms with Crippen LogP contribution >= 0.6 is 23.4 Å². The van der Waals surface area contributed by atoms with E-state index in [2.05, 4.69) is 15.1 Å². The molecule has 2 N–H and O–H groups in total. The molecule has 7 nitrogen and oxygen atoms in total. The SMILES string of the molecule is CCOc1cccc(C=NNC(=O)CSc2nc3ccccc3n2Cc2ccc(Cl)cc2)c1O. The molecule has 0 saturated heterocycles. The molecular weight excluding hydrogens is 472 g/mol. The van der Waals surface area contributed by atoms with Crippen LogP contribution in [0.1, 0.15) is 18.1 Å². The van der Waals surface area contributed by atoms with Gasteiger partial charge in [0.1, 0.15) is 0 Å². The summed E-state index contributed by atoms with van der Waals surface area (Å²) in [4.78, 5) is 17.1. The number of thioether (sulfide) groups is 1. The molecule has 0 aliphatic carbocycles. The van der Waals surface area contributed by atoms with Crippen molar-refractivity contribution in [3.05, 3.63) is 82.9 Å². The van der Waals surface area contributed by atoms with E-state index < -0.39 is 0 Å². The summed E-state index contributed by atoms with van der Waals surface area (Å²) in [6, 6.07) is 20.6. The highest BCUT2D eigenvalue weighted by atomic mass is 35.5. The maximum atomic E-state index is 12.4. The van der Waals surface area contributed by atoms with Gasteiger partial charge in [0.25, 0.3) is 5.91 Å². The van der Waals surface area contributed by atoms with Crippen LogP contribution in [0.2, 0.25) is 5.02 Å². The molecule has 0 fully saturated rings. The number of amides is 1. The number of aromatic hydroxyl groups is 1. The molecule has 0 aliphatic rings. The van der Waals surface area contributed by atoms with Gasteiger partial charge in [-0.15, -0.1) is 0 Å². The minimum absolute atomic E-state index is 0.0207. The first kappa shape index (κ1) is 23.7. The summed E-state index contributed by atoms with van der Waals surface area (Å²) < 4.78 is 7.44. The number of phenols is 1. The normalized spacial score (nSPS) is 11.2. The number of hydrogen-bond acceptors (Lipinski definition) is 6. The molecule has 3 aromatic carbocycles. The number of nitrogens with one attached hydrogen (secondary N) is 1. The fraction of sp³-hybridized carbons (Fsp3) is 0.160. The zero-order valence-corrected chi connectivity index (χ0v) is 20.0. The van der Waals surface area contributed by atoms with Gasteiger partial charge in [-0.1, -0.05) is 53.7 Å². The number of fused-ring (bicyclic) bond motifs is 1. The third kappa shape index (κ3) is 5.70. The average molecular weight is 495 g/mol. The molecule has 34 heavy (non-hydrogen) atoms. The number of halogens is 1. The number of hydrogen-bond donors (Lipinski definition) is 2. The first-order valence-electron chi connectivity index (χ1n) is 10.6. The molecular formula is C25H23ClN4O3S. The number of para-hydroxylation sites is 3. The lowest BCUT2D eigenvalue weighted by Crippen LogP contribution is -2.20. The predicted octanol–water partition coefficient (Wildman–Crippen LogP) is 5.08. The van der Waals surface area contributed by atoms with E-state index in [1.165, 1.54) is 18.0 Å². The van der Waals surface area contributed by atoms with Crippen molar-refractivity contribution in [2.45, 2.75) is 18.6 Å². The van der Waals surface area contributed by atoms with Crippen molar-refractivity contribution in [2.75, 3.05) is 12.4 Å². The molecule has 1 aromatic heterocycles. The zero-order chi connectivity index (χ0) is 23.9. The van der Waals surface area contributed by atoms with Gasteiger partial charge < -0.3 is 14.4 Å². The van der Waals surface area contributed by atoms with E-state index >= 15 is 0 Å². The van der Waals surface area contributed by atoms with Gasteiger partial charge in [0.05, 0.1) is 36.2 Å². The maximum Gasteiger partial charge on any atom is 0.250 e. The summed E-state index contributed by atoms with van der Waals surface area (Å²) >= 11 is 7.35. The third-order valence-electron chi connectivity index (χ3n) is 4.93. The maximum absolute atomic E-state index is 12.4. The molecule has 0 unspecified atom stereocenters. The molecule has 0 aliphatic heterocycles. The summed E-state index contributed by atoms with van der Waals surface area (Å²) in [5, 5.41) is 15.6. The number of imidazole rings is 1. The van der Waals surface area contributed by atoms with Gasteiger partial charge >= 0.3 is 0 Å². The quantitative estimate of drug-likeness (QED) is 0.192. The third-order valence-corrected chi connectivity index (χ3v) is 6.16. The molecule has 1 heterocycles. The Hall–Kier alpha value is -3.49. The lowest BCUT2D eigenvalue weighted by molar-refractivity contribution is -0.118. The molecule has 4 aromatic rings. The lowest BCUT2D eigenvalue weighted by Gasteiger charge is -2.09. The summed E-state index contributed by atoms with van der Waals surface area (Å²) in [5.74, 6) is 0.194. The zero-order valence-electron chi connectivity index (χ0n) is 18.4. The van der Waals surface area contributed by atoms with E-state index in [1.807, 2.05) is 55.5 Å². The summed E-state index contributed by atoms with van der Waals surface area (Å²) in [7, 11) is 0. The monoisotopic (exact) mass is 494 g/mol. The predicted molar refractivity (Wildman–Crippen MR) is 136 cm³/mol. The van der Waals surface area contributed by atoms with Crippen LogP contribution in [-0.4, -0.2) is 39.1 Å². The van der Waals surface area contributed by atoms with E-state index in [4.69, 9.17) is 21.3 Å². The van der Waals surface area contributed by atoms with Gasteiger partial charge in [0.2, 0.25) is 0 Å². The number of benzene rings is 3. The Kier molecular flexibility index (Phi) is 7.72. The number of carbonyl (C=O) groups is 1. The Morgan fingerprint density at radius 1 is 1.18 bits per heavy atom. The topological polar surface area (TPSA) is 88.7 Å². The smallest absolute Gasteiger partial charge is 0.250 e. The van der Waals surface area contributed by atoms with Crippen molar-refractivity contribution in [1.29, 1.82) is 0 Å². The van der Waals surface area contributed by atoms with E-state index in [9.17, 15) is 9.90 Å². The van der Waals surface area contributed by atoms with Crippen LogP contribution in [0.15, 0.2) is 77.0 Å². The van der Waals surface area contributed by atoms with E-state index in [-0.39, 0.29) is 17.4 Å². The number of aromatic nitrogens is 2. The highest BCUT2D eigenvalue weighted by Crippen LogP contribution is 2.28. The first-order chi connectivity index (χ1) is 16.5. The Balaban J connectivity index is 1.43. The second kappa shape index (κ2) is 11.1. The van der Waals surface area contributed by atoms with Crippen molar-refractivity contribution in [3.8, 4) is 11.5 Å². The molecule has 1 amide bonds. The molecule has 0 saturated carbocycles. The second-order valence-electron chi connectivity index (χ2n) is 7.30. The Morgan fingerprint density at radius 3 is 2.76 bits per heavy atom. The van der Waals surface area contributed by atoms with Gasteiger partial charge in [-0.05, 0) is 48.9 Å². The molecule has 4 rings (SSSR count). The molecule has 174 valence electrons. The number of ether oxygens (including phenoxy) is 1. The Labute approximate surface area is 206 Å². The van der Waals surface area contributed by atoms with Crippen LogP contribution in [0.5, 0.6) is 11.5 Å². The van der Waals surface area contributed by atoms with Crippen molar-refractivity contribution < 1.29 is 14.6 Å². The molecule has 0 radical (unpaired) electrons. The summed E-state index contributed by atoms with van der Waals surface area (Å²) in [6.07, 6.45) is 1.39. The highest BCUT2D eigenvalue weighted by Gasteiger charge is 2.13. The van der Waals surface area contributed by atoms with Gasteiger partial charge in [-0.3, -0.25) is 4.79 Å². The Bertz CT molecular complexity index is 1320. The van der Waals surface area contributed by atoms with Crippen molar-refractivity contribution in [2.24, 2.45) is 5.10 Å². The van der Waals surface area contributed by atoms with Crippen LogP contribution in [0.4, 0.5) is 0 Å². The van der Waals surface area contributed by atoms with E-state index in [1.54, 1.807) is 18.2 Å².